The van der Waals surface area contributed by atoms with Crippen molar-refractivity contribution in [3.05, 3.63) is 69.7 Å². The van der Waals surface area contributed by atoms with Gasteiger partial charge in [-0.1, -0.05) is 58.4 Å². The fraction of sp³-hybridized carbons (Fsp3) is 0.250. The van der Waals surface area contributed by atoms with Gasteiger partial charge in [0.25, 0.3) is 0 Å². The fourth-order valence-electron chi connectivity index (χ4n) is 2.74. The van der Waals surface area contributed by atoms with Crippen LogP contribution in [0.2, 0.25) is 0 Å². The summed E-state index contributed by atoms with van der Waals surface area (Å²) in [6, 6.07) is 17.3. The lowest BCUT2D eigenvalue weighted by molar-refractivity contribution is 0.498. The Balaban J connectivity index is 1.74. The first-order valence-electron chi connectivity index (χ1n) is 6.57. The Morgan fingerprint density at radius 1 is 1.05 bits per heavy atom. The van der Waals surface area contributed by atoms with E-state index in [9.17, 15) is 0 Å². The molecular weight excluding hydrogens is 300 g/mol. The molecule has 2 nitrogen and oxygen atoms in total. The van der Waals surface area contributed by atoms with Crippen LogP contribution in [0, 0.1) is 0 Å². The molecule has 0 heterocycles. The van der Waals surface area contributed by atoms with E-state index in [-0.39, 0.29) is 6.04 Å². The van der Waals surface area contributed by atoms with E-state index in [4.69, 9.17) is 5.73 Å². The topological polar surface area (TPSA) is 38.0 Å². The van der Waals surface area contributed by atoms with Crippen molar-refractivity contribution in [1.82, 2.24) is 5.32 Å². The zero-order valence-corrected chi connectivity index (χ0v) is 12.2. The van der Waals surface area contributed by atoms with Gasteiger partial charge < -0.3 is 11.1 Å². The molecule has 0 radical (unpaired) electrons. The van der Waals surface area contributed by atoms with Gasteiger partial charge in [0.05, 0.1) is 0 Å². The first-order valence-corrected chi connectivity index (χ1v) is 7.36. The first kappa shape index (κ1) is 12.9. The summed E-state index contributed by atoms with van der Waals surface area (Å²) in [6.07, 6.45) is 0.976. The molecule has 1 aliphatic rings. The van der Waals surface area contributed by atoms with Crippen LogP contribution in [0.4, 0.5) is 0 Å². The molecule has 0 aliphatic heterocycles. The van der Waals surface area contributed by atoms with Crippen LogP contribution >= 0.6 is 15.9 Å². The predicted octanol–water partition coefficient (Wildman–Crippen LogP) is 3.68. The van der Waals surface area contributed by atoms with Crippen LogP contribution < -0.4 is 11.1 Å². The molecule has 2 aromatic carbocycles. The zero-order valence-electron chi connectivity index (χ0n) is 10.6. The van der Waals surface area contributed by atoms with Gasteiger partial charge in [-0.2, -0.15) is 0 Å². The van der Waals surface area contributed by atoms with Crippen molar-refractivity contribution in [2.24, 2.45) is 5.73 Å². The number of fused-ring (bicyclic) bond motifs is 1. The highest BCUT2D eigenvalue weighted by molar-refractivity contribution is 9.10. The van der Waals surface area contributed by atoms with Gasteiger partial charge in [-0.05, 0) is 29.2 Å². The van der Waals surface area contributed by atoms with E-state index in [1.54, 1.807) is 0 Å². The van der Waals surface area contributed by atoms with Crippen molar-refractivity contribution in [3.8, 4) is 0 Å². The molecule has 0 bridgehead atoms. The largest absolute Gasteiger partial charge is 0.324 e. The van der Waals surface area contributed by atoms with Crippen LogP contribution in [0.3, 0.4) is 0 Å². The minimum Gasteiger partial charge on any atom is -0.324 e. The fourth-order valence-corrected chi connectivity index (χ4v) is 3.17. The molecule has 2 aromatic rings. The van der Waals surface area contributed by atoms with E-state index < -0.39 is 0 Å². The number of hydrogen-bond donors (Lipinski definition) is 2. The Morgan fingerprint density at radius 2 is 1.74 bits per heavy atom. The number of nitrogens with one attached hydrogen (secondary N) is 1. The van der Waals surface area contributed by atoms with E-state index in [1.807, 2.05) is 6.07 Å². The van der Waals surface area contributed by atoms with E-state index in [1.165, 1.54) is 16.7 Å². The molecular formula is C16H17BrN2. The Kier molecular flexibility index (Phi) is 3.69. The first-order chi connectivity index (χ1) is 9.25. The van der Waals surface area contributed by atoms with Crippen LogP contribution in [-0.2, 0) is 6.54 Å². The molecule has 2 atom stereocenters. The Bertz CT molecular complexity index is 582. The lowest BCUT2D eigenvalue weighted by Crippen LogP contribution is -2.19. The third-order valence-corrected chi connectivity index (χ3v) is 4.53. The number of benzene rings is 2. The van der Waals surface area contributed by atoms with Gasteiger partial charge in [0.2, 0.25) is 0 Å². The average Bonchev–Trinajstić information content (AvgIpc) is 2.75. The maximum absolute atomic E-state index is 6.19. The minimum absolute atomic E-state index is 0.160. The number of halogens is 1. The summed E-state index contributed by atoms with van der Waals surface area (Å²) in [7, 11) is 0. The van der Waals surface area contributed by atoms with Crippen LogP contribution in [0.15, 0.2) is 53.0 Å². The van der Waals surface area contributed by atoms with Gasteiger partial charge in [-0.15, -0.1) is 0 Å². The highest BCUT2D eigenvalue weighted by Crippen LogP contribution is 2.37. The second-order valence-electron chi connectivity index (χ2n) is 5.00. The SMILES string of the molecule is NC1CC(NCc2ccccc2Br)c2ccccc21. The molecule has 19 heavy (non-hydrogen) atoms. The molecule has 0 spiro atoms. The highest BCUT2D eigenvalue weighted by Gasteiger charge is 2.27. The quantitative estimate of drug-likeness (QED) is 0.906. The van der Waals surface area contributed by atoms with Gasteiger partial charge in [0.15, 0.2) is 0 Å². The average molecular weight is 317 g/mol. The number of hydrogen-bond acceptors (Lipinski definition) is 2. The van der Waals surface area contributed by atoms with Gasteiger partial charge >= 0.3 is 0 Å². The summed E-state index contributed by atoms with van der Waals surface area (Å²) in [6.45, 7) is 0.854. The van der Waals surface area contributed by atoms with E-state index in [0.29, 0.717) is 6.04 Å². The zero-order chi connectivity index (χ0) is 13.2. The third-order valence-electron chi connectivity index (χ3n) is 3.76. The van der Waals surface area contributed by atoms with Crippen LogP contribution in [-0.4, -0.2) is 0 Å². The van der Waals surface area contributed by atoms with Crippen molar-refractivity contribution in [3.63, 3.8) is 0 Å². The normalized spacial score (nSPS) is 21.4. The predicted molar refractivity (Wildman–Crippen MR) is 81.7 cm³/mol. The van der Waals surface area contributed by atoms with Gasteiger partial charge in [-0.25, -0.2) is 0 Å². The van der Waals surface area contributed by atoms with Gasteiger partial charge in [0.1, 0.15) is 0 Å². The molecule has 3 heteroatoms. The minimum atomic E-state index is 0.160. The van der Waals surface area contributed by atoms with E-state index in [0.717, 1.165) is 17.4 Å². The lowest BCUT2D eigenvalue weighted by atomic mass is 10.1. The summed E-state index contributed by atoms with van der Waals surface area (Å²) in [5, 5.41) is 3.62. The number of nitrogens with two attached hydrogens (primary N) is 1. The standard InChI is InChI=1S/C16H17BrN2/c17-14-8-4-1-5-11(14)10-19-16-9-15(18)12-6-2-3-7-13(12)16/h1-8,15-16,19H,9-10,18H2. The summed E-state index contributed by atoms with van der Waals surface area (Å²) in [5.41, 5.74) is 10.1. The Hall–Kier alpha value is -1.16. The molecule has 1 aliphatic carbocycles. The molecule has 0 amide bonds. The van der Waals surface area contributed by atoms with Crippen molar-refractivity contribution >= 4 is 15.9 Å². The molecule has 0 aromatic heterocycles. The molecule has 2 unspecified atom stereocenters. The Labute approximate surface area is 122 Å². The Morgan fingerprint density at radius 3 is 2.53 bits per heavy atom. The van der Waals surface area contributed by atoms with Gasteiger partial charge in [0, 0.05) is 23.1 Å². The lowest BCUT2D eigenvalue weighted by Gasteiger charge is -2.14. The van der Waals surface area contributed by atoms with Crippen molar-refractivity contribution in [2.75, 3.05) is 0 Å². The van der Waals surface area contributed by atoms with Crippen molar-refractivity contribution < 1.29 is 0 Å². The maximum atomic E-state index is 6.19. The smallest absolute Gasteiger partial charge is 0.0344 e. The summed E-state index contributed by atoms with van der Waals surface area (Å²) in [4.78, 5) is 0. The van der Waals surface area contributed by atoms with Gasteiger partial charge in [-0.3, -0.25) is 0 Å². The second kappa shape index (κ2) is 5.45. The summed E-state index contributed by atoms with van der Waals surface area (Å²) >= 11 is 3.58. The molecule has 3 N–H and O–H groups in total. The molecule has 0 saturated heterocycles. The molecule has 0 fully saturated rings. The second-order valence-corrected chi connectivity index (χ2v) is 5.85. The summed E-state index contributed by atoms with van der Waals surface area (Å²) < 4.78 is 1.15. The molecule has 98 valence electrons. The van der Waals surface area contributed by atoms with Crippen LogP contribution in [0.1, 0.15) is 35.2 Å². The molecule has 3 rings (SSSR count). The van der Waals surface area contributed by atoms with E-state index in [2.05, 4.69) is 63.7 Å². The third kappa shape index (κ3) is 2.59. The summed E-state index contributed by atoms with van der Waals surface area (Å²) in [5.74, 6) is 0. The monoisotopic (exact) mass is 316 g/mol. The molecule has 0 saturated carbocycles. The van der Waals surface area contributed by atoms with Crippen LogP contribution in [0.25, 0.3) is 0 Å². The van der Waals surface area contributed by atoms with Crippen molar-refractivity contribution in [1.29, 1.82) is 0 Å². The van der Waals surface area contributed by atoms with Crippen molar-refractivity contribution in [2.45, 2.75) is 25.0 Å². The van der Waals surface area contributed by atoms with Crippen LogP contribution in [0.5, 0.6) is 0 Å². The number of rotatable bonds is 3. The highest BCUT2D eigenvalue weighted by atomic mass is 79.9. The van der Waals surface area contributed by atoms with E-state index >= 15 is 0 Å². The maximum Gasteiger partial charge on any atom is 0.0344 e.